The summed E-state index contributed by atoms with van der Waals surface area (Å²) in [4.78, 5) is 0. The van der Waals surface area contributed by atoms with Gasteiger partial charge in [0.2, 0.25) is 0 Å². The van der Waals surface area contributed by atoms with Crippen LogP contribution in [-0.4, -0.2) is 18.4 Å². The predicted octanol–water partition coefficient (Wildman–Crippen LogP) is 3.81. The molecule has 0 radical (unpaired) electrons. The fourth-order valence-electron chi connectivity index (χ4n) is 1.62. The molecule has 0 aliphatic rings. The maximum atomic E-state index is 13.5. The number of hydrazone groups is 1. The molecule has 0 saturated carbocycles. The minimum absolute atomic E-state index is 0.198. The Morgan fingerprint density at radius 1 is 1.27 bits per heavy atom. The summed E-state index contributed by atoms with van der Waals surface area (Å²) >= 11 is 11.0. The van der Waals surface area contributed by atoms with Crippen LogP contribution in [0.15, 0.2) is 47.6 Å². The van der Waals surface area contributed by atoms with Gasteiger partial charge in [-0.05, 0) is 48.6 Å². The number of methoxy groups -OCH3 is 1. The molecule has 0 bridgehead atoms. The Labute approximate surface area is 137 Å². The van der Waals surface area contributed by atoms with Crippen LogP contribution >= 0.6 is 23.8 Å². The molecule has 22 heavy (non-hydrogen) atoms. The summed E-state index contributed by atoms with van der Waals surface area (Å²) in [7, 11) is 1.59. The largest absolute Gasteiger partial charge is 0.497 e. The third-order valence-electron chi connectivity index (χ3n) is 2.71. The monoisotopic (exact) mass is 337 g/mol. The van der Waals surface area contributed by atoms with Crippen LogP contribution in [0, 0.1) is 5.82 Å². The Morgan fingerprint density at radius 3 is 2.64 bits per heavy atom. The Hall–Kier alpha value is -2.18. The molecule has 0 saturated heterocycles. The lowest BCUT2D eigenvalue weighted by Gasteiger charge is -2.07. The summed E-state index contributed by atoms with van der Waals surface area (Å²) in [5.74, 6) is 0.295. The number of nitrogens with zero attached hydrogens (tertiary/aromatic N) is 1. The van der Waals surface area contributed by atoms with Gasteiger partial charge in [-0.1, -0.05) is 17.7 Å². The zero-order valence-corrected chi connectivity index (χ0v) is 13.2. The van der Waals surface area contributed by atoms with E-state index in [1.807, 2.05) is 12.1 Å². The molecule has 7 heteroatoms. The molecule has 0 aliphatic carbocycles. The number of halogens is 2. The third kappa shape index (κ3) is 4.41. The molecule has 2 aromatic rings. The van der Waals surface area contributed by atoms with Crippen LogP contribution in [0.2, 0.25) is 5.02 Å². The van der Waals surface area contributed by atoms with E-state index in [9.17, 15) is 4.39 Å². The SMILES string of the molecule is COc1ccc(NC(=S)N/N=C\c2c(F)cccc2Cl)cc1. The number of benzene rings is 2. The summed E-state index contributed by atoms with van der Waals surface area (Å²) in [6.07, 6.45) is 1.28. The van der Waals surface area contributed by atoms with E-state index in [-0.39, 0.29) is 15.7 Å². The molecule has 0 unspecified atom stereocenters. The van der Waals surface area contributed by atoms with E-state index < -0.39 is 5.82 Å². The molecule has 2 N–H and O–H groups in total. The van der Waals surface area contributed by atoms with Gasteiger partial charge in [-0.15, -0.1) is 0 Å². The van der Waals surface area contributed by atoms with Crippen LogP contribution in [0.3, 0.4) is 0 Å². The lowest BCUT2D eigenvalue weighted by atomic mass is 10.2. The second-order valence-electron chi connectivity index (χ2n) is 4.19. The highest BCUT2D eigenvalue weighted by Gasteiger charge is 2.03. The first-order valence-corrected chi connectivity index (χ1v) is 7.07. The molecule has 0 fully saturated rings. The molecule has 114 valence electrons. The maximum absolute atomic E-state index is 13.5. The highest BCUT2D eigenvalue weighted by molar-refractivity contribution is 7.80. The molecule has 0 atom stereocenters. The number of anilines is 1. The van der Waals surface area contributed by atoms with Gasteiger partial charge in [0.15, 0.2) is 5.11 Å². The van der Waals surface area contributed by atoms with E-state index in [1.54, 1.807) is 25.3 Å². The van der Waals surface area contributed by atoms with Crippen molar-refractivity contribution in [2.24, 2.45) is 5.10 Å². The van der Waals surface area contributed by atoms with Crippen molar-refractivity contribution < 1.29 is 9.13 Å². The molecular formula is C15H13ClFN3OS. The first-order valence-electron chi connectivity index (χ1n) is 6.28. The third-order valence-corrected chi connectivity index (χ3v) is 3.23. The predicted molar refractivity (Wildman–Crippen MR) is 91.4 cm³/mol. The standard InChI is InChI=1S/C15H13ClFN3OS/c1-21-11-7-5-10(6-8-11)19-15(22)20-18-9-12-13(16)3-2-4-14(12)17/h2-9H,1H3,(H2,19,20,22)/b18-9-. The first kappa shape index (κ1) is 16.2. The van der Waals surface area contributed by atoms with Crippen molar-refractivity contribution in [3.8, 4) is 5.75 Å². The van der Waals surface area contributed by atoms with Gasteiger partial charge in [0.05, 0.1) is 18.3 Å². The van der Waals surface area contributed by atoms with Gasteiger partial charge in [0, 0.05) is 11.3 Å². The molecule has 2 aromatic carbocycles. The Kier molecular flexibility index (Phi) is 5.68. The molecule has 0 spiro atoms. The number of hydrogen-bond donors (Lipinski definition) is 2. The number of thiocarbonyl (C=S) groups is 1. The highest BCUT2D eigenvalue weighted by atomic mass is 35.5. The van der Waals surface area contributed by atoms with E-state index in [0.29, 0.717) is 0 Å². The van der Waals surface area contributed by atoms with Crippen LogP contribution < -0.4 is 15.5 Å². The van der Waals surface area contributed by atoms with Crippen molar-refractivity contribution in [2.75, 3.05) is 12.4 Å². The Bertz CT molecular complexity index is 671. The highest BCUT2D eigenvalue weighted by Crippen LogP contribution is 2.16. The molecule has 0 aromatic heterocycles. The van der Waals surface area contributed by atoms with Gasteiger partial charge >= 0.3 is 0 Å². The maximum Gasteiger partial charge on any atom is 0.191 e. The smallest absolute Gasteiger partial charge is 0.191 e. The summed E-state index contributed by atoms with van der Waals surface area (Å²) in [5.41, 5.74) is 3.57. The lowest BCUT2D eigenvalue weighted by Crippen LogP contribution is -2.23. The van der Waals surface area contributed by atoms with Gasteiger partial charge in [-0.2, -0.15) is 5.10 Å². The Morgan fingerprint density at radius 2 is 2.00 bits per heavy atom. The second kappa shape index (κ2) is 7.72. The van der Waals surface area contributed by atoms with Crippen molar-refractivity contribution in [1.82, 2.24) is 5.43 Å². The van der Waals surface area contributed by atoms with E-state index in [1.165, 1.54) is 18.3 Å². The van der Waals surface area contributed by atoms with Gasteiger partial charge in [0.25, 0.3) is 0 Å². The number of nitrogens with one attached hydrogen (secondary N) is 2. The average Bonchev–Trinajstić information content (AvgIpc) is 2.51. The Balaban J connectivity index is 1.93. The van der Waals surface area contributed by atoms with E-state index in [4.69, 9.17) is 28.6 Å². The molecule has 0 heterocycles. The number of rotatable bonds is 4. The molecule has 0 aliphatic heterocycles. The zero-order chi connectivity index (χ0) is 15.9. The van der Waals surface area contributed by atoms with Crippen LogP contribution in [0.25, 0.3) is 0 Å². The van der Waals surface area contributed by atoms with Crippen molar-refractivity contribution in [3.05, 3.63) is 58.9 Å². The normalized spacial score (nSPS) is 10.5. The topological polar surface area (TPSA) is 45.6 Å². The van der Waals surface area contributed by atoms with Gasteiger partial charge < -0.3 is 10.1 Å². The van der Waals surface area contributed by atoms with Crippen LogP contribution in [-0.2, 0) is 0 Å². The summed E-state index contributed by atoms with van der Waals surface area (Å²) in [6.45, 7) is 0. The summed E-state index contributed by atoms with van der Waals surface area (Å²) in [6, 6.07) is 11.6. The minimum atomic E-state index is -0.452. The van der Waals surface area contributed by atoms with E-state index in [2.05, 4.69) is 15.8 Å². The summed E-state index contributed by atoms with van der Waals surface area (Å²) < 4.78 is 18.6. The van der Waals surface area contributed by atoms with E-state index in [0.717, 1.165) is 11.4 Å². The van der Waals surface area contributed by atoms with Gasteiger partial charge in [-0.25, -0.2) is 4.39 Å². The number of ether oxygens (including phenoxy) is 1. The second-order valence-corrected chi connectivity index (χ2v) is 5.00. The first-order chi connectivity index (χ1) is 10.6. The fraction of sp³-hybridized carbons (Fsp3) is 0.0667. The van der Waals surface area contributed by atoms with Crippen molar-refractivity contribution >= 4 is 40.8 Å². The average molecular weight is 338 g/mol. The van der Waals surface area contributed by atoms with Crippen LogP contribution in [0.4, 0.5) is 10.1 Å². The van der Waals surface area contributed by atoms with Crippen LogP contribution in [0.5, 0.6) is 5.75 Å². The van der Waals surface area contributed by atoms with Gasteiger partial charge in [-0.3, -0.25) is 5.43 Å². The van der Waals surface area contributed by atoms with Crippen molar-refractivity contribution in [2.45, 2.75) is 0 Å². The minimum Gasteiger partial charge on any atom is -0.497 e. The van der Waals surface area contributed by atoms with Crippen molar-refractivity contribution in [3.63, 3.8) is 0 Å². The fourth-order valence-corrected chi connectivity index (χ4v) is 2.01. The molecule has 0 amide bonds. The molecular weight excluding hydrogens is 325 g/mol. The summed E-state index contributed by atoms with van der Waals surface area (Å²) in [5, 5.41) is 7.35. The zero-order valence-electron chi connectivity index (χ0n) is 11.6. The van der Waals surface area contributed by atoms with Gasteiger partial charge in [0.1, 0.15) is 11.6 Å². The quantitative estimate of drug-likeness (QED) is 0.506. The number of hydrogen-bond acceptors (Lipinski definition) is 3. The lowest BCUT2D eigenvalue weighted by molar-refractivity contribution is 0.415. The van der Waals surface area contributed by atoms with E-state index >= 15 is 0 Å². The van der Waals surface area contributed by atoms with Crippen molar-refractivity contribution in [1.29, 1.82) is 0 Å². The molecule has 2 rings (SSSR count). The molecule has 4 nitrogen and oxygen atoms in total. The van der Waals surface area contributed by atoms with Crippen LogP contribution in [0.1, 0.15) is 5.56 Å².